The molecule has 0 fully saturated rings. The fraction of sp³-hybridized carbons (Fsp3) is 0.214. The summed E-state index contributed by atoms with van der Waals surface area (Å²) in [6.07, 6.45) is 3.91. The van der Waals surface area contributed by atoms with Gasteiger partial charge in [0.05, 0.1) is 0 Å². The summed E-state index contributed by atoms with van der Waals surface area (Å²) >= 11 is 0. The maximum Gasteiger partial charge on any atom is 0.254 e. The Balaban J connectivity index is 1.84. The fourth-order valence-corrected chi connectivity index (χ4v) is 2.30. The maximum atomic E-state index is 12.3. The lowest BCUT2D eigenvalue weighted by molar-refractivity contribution is 0.0733. The number of nitrogens with zero attached hydrogens (tertiary/aromatic N) is 2. The molecule has 0 aliphatic carbocycles. The minimum atomic E-state index is -0.0901. The molecule has 0 bridgehead atoms. The van der Waals surface area contributed by atoms with Crippen LogP contribution in [0.5, 0.6) is 0 Å². The van der Waals surface area contributed by atoms with Gasteiger partial charge >= 0.3 is 0 Å². The van der Waals surface area contributed by atoms with Crippen molar-refractivity contribution in [1.82, 2.24) is 14.9 Å². The highest BCUT2D eigenvalue weighted by molar-refractivity contribution is 5.94. The van der Waals surface area contributed by atoms with E-state index in [0.717, 1.165) is 11.3 Å². The topological polar surface area (TPSA) is 66.1 Å². The van der Waals surface area contributed by atoms with E-state index in [4.69, 9.17) is 0 Å². The first kappa shape index (κ1) is 11.6. The Morgan fingerprint density at radius 2 is 2.00 bits per heavy atom. The van der Waals surface area contributed by atoms with E-state index >= 15 is 0 Å². The normalized spacial score (nSPS) is 14.0. The SMILES string of the molecule is O=C(c1ccncc1)N1CCc2[nH]c(=O)ccc2C1. The molecule has 3 heterocycles. The molecule has 1 aliphatic rings. The van der Waals surface area contributed by atoms with Crippen LogP contribution in [0, 0.1) is 0 Å². The molecule has 1 aliphatic heterocycles. The molecule has 0 radical (unpaired) electrons. The van der Waals surface area contributed by atoms with Gasteiger partial charge in [-0.1, -0.05) is 6.07 Å². The highest BCUT2D eigenvalue weighted by Gasteiger charge is 2.21. The summed E-state index contributed by atoms with van der Waals surface area (Å²) in [7, 11) is 0. The minimum Gasteiger partial charge on any atom is -0.334 e. The first-order chi connectivity index (χ1) is 9.24. The van der Waals surface area contributed by atoms with Crippen LogP contribution < -0.4 is 5.56 Å². The molecular weight excluding hydrogens is 242 g/mol. The van der Waals surface area contributed by atoms with Crippen molar-refractivity contribution >= 4 is 5.91 Å². The lowest BCUT2D eigenvalue weighted by Gasteiger charge is -2.28. The number of aromatic amines is 1. The number of rotatable bonds is 1. The number of pyridine rings is 2. The zero-order valence-electron chi connectivity index (χ0n) is 10.3. The Morgan fingerprint density at radius 1 is 1.21 bits per heavy atom. The Kier molecular flexibility index (Phi) is 2.87. The maximum absolute atomic E-state index is 12.3. The summed E-state index contributed by atoms with van der Waals surface area (Å²) in [4.78, 5) is 32.1. The summed E-state index contributed by atoms with van der Waals surface area (Å²) in [5.41, 5.74) is 2.50. The molecular formula is C14H13N3O2. The Bertz CT molecular complexity index is 664. The van der Waals surface area contributed by atoms with Gasteiger partial charge in [0, 0.05) is 49.2 Å². The van der Waals surface area contributed by atoms with Crippen LogP contribution >= 0.6 is 0 Å². The summed E-state index contributed by atoms with van der Waals surface area (Å²) in [6.45, 7) is 1.15. The molecule has 0 saturated carbocycles. The van der Waals surface area contributed by atoms with Crippen molar-refractivity contribution in [2.45, 2.75) is 13.0 Å². The van der Waals surface area contributed by atoms with Crippen LogP contribution in [-0.2, 0) is 13.0 Å². The number of aromatic nitrogens is 2. The molecule has 0 aromatic carbocycles. The molecule has 5 nitrogen and oxygen atoms in total. The molecule has 3 rings (SSSR count). The third kappa shape index (κ3) is 2.27. The van der Waals surface area contributed by atoms with Gasteiger partial charge in [-0.05, 0) is 17.7 Å². The van der Waals surface area contributed by atoms with Gasteiger partial charge in [0.2, 0.25) is 5.56 Å². The first-order valence-electron chi connectivity index (χ1n) is 6.14. The van der Waals surface area contributed by atoms with Gasteiger partial charge in [-0.2, -0.15) is 0 Å². The number of hydrogen-bond acceptors (Lipinski definition) is 3. The second kappa shape index (κ2) is 4.68. The third-order valence-corrected chi connectivity index (χ3v) is 3.31. The van der Waals surface area contributed by atoms with Gasteiger partial charge in [0.15, 0.2) is 0 Å². The van der Waals surface area contributed by atoms with Crippen LogP contribution in [0.2, 0.25) is 0 Å². The van der Waals surface area contributed by atoms with E-state index in [1.165, 1.54) is 6.07 Å². The summed E-state index contributed by atoms with van der Waals surface area (Å²) in [5.74, 6) is -0.000694. The molecule has 1 amide bonds. The molecule has 96 valence electrons. The lowest BCUT2D eigenvalue weighted by atomic mass is 10.0. The monoisotopic (exact) mass is 255 g/mol. The van der Waals surface area contributed by atoms with Crippen molar-refractivity contribution < 1.29 is 4.79 Å². The number of carbonyl (C=O) groups excluding carboxylic acids is 1. The summed E-state index contributed by atoms with van der Waals surface area (Å²) in [5, 5.41) is 0. The number of fused-ring (bicyclic) bond motifs is 1. The summed E-state index contributed by atoms with van der Waals surface area (Å²) < 4.78 is 0. The predicted octanol–water partition coefficient (Wildman–Crippen LogP) is 0.968. The Morgan fingerprint density at radius 3 is 2.79 bits per heavy atom. The Hall–Kier alpha value is -2.43. The van der Waals surface area contributed by atoms with Crippen molar-refractivity contribution in [2.24, 2.45) is 0 Å². The predicted molar refractivity (Wildman–Crippen MR) is 69.7 cm³/mol. The van der Waals surface area contributed by atoms with Crippen molar-refractivity contribution in [3.63, 3.8) is 0 Å². The van der Waals surface area contributed by atoms with E-state index in [9.17, 15) is 9.59 Å². The second-order valence-corrected chi connectivity index (χ2v) is 4.54. The zero-order chi connectivity index (χ0) is 13.2. The highest BCUT2D eigenvalue weighted by Crippen LogP contribution is 2.17. The number of hydrogen-bond donors (Lipinski definition) is 1. The van der Waals surface area contributed by atoms with Crippen LogP contribution in [-0.4, -0.2) is 27.3 Å². The first-order valence-corrected chi connectivity index (χ1v) is 6.14. The highest BCUT2D eigenvalue weighted by atomic mass is 16.2. The van der Waals surface area contributed by atoms with Crippen LogP contribution in [0.1, 0.15) is 21.6 Å². The largest absolute Gasteiger partial charge is 0.334 e. The minimum absolute atomic E-state index is 0.000694. The summed E-state index contributed by atoms with van der Waals surface area (Å²) in [6, 6.07) is 6.72. The standard InChI is InChI=1S/C14H13N3O2/c18-13-2-1-11-9-17(8-5-12(11)16-13)14(19)10-3-6-15-7-4-10/h1-4,6-7H,5,8-9H2,(H,16,18). The third-order valence-electron chi connectivity index (χ3n) is 3.31. The van der Waals surface area contributed by atoms with E-state index in [1.54, 1.807) is 35.5 Å². The smallest absolute Gasteiger partial charge is 0.254 e. The molecule has 1 N–H and O–H groups in total. The van der Waals surface area contributed by atoms with E-state index < -0.39 is 0 Å². The molecule has 19 heavy (non-hydrogen) atoms. The molecule has 0 spiro atoms. The molecule has 0 saturated heterocycles. The molecule has 0 unspecified atom stereocenters. The molecule has 5 heteroatoms. The van der Waals surface area contributed by atoms with Gasteiger partial charge in [-0.25, -0.2) is 0 Å². The van der Waals surface area contributed by atoms with Gasteiger partial charge in [0.25, 0.3) is 5.91 Å². The van der Waals surface area contributed by atoms with Crippen LogP contribution in [0.4, 0.5) is 0 Å². The van der Waals surface area contributed by atoms with Crippen molar-refractivity contribution in [3.05, 3.63) is 63.8 Å². The number of carbonyl (C=O) groups is 1. The van der Waals surface area contributed by atoms with Gasteiger partial charge in [-0.3, -0.25) is 14.6 Å². The zero-order valence-corrected chi connectivity index (χ0v) is 10.3. The van der Waals surface area contributed by atoms with Crippen molar-refractivity contribution in [2.75, 3.05) is 6.54 Å². The Labute approximate surface area is 109 Å². The van der Waals surface area contributed by atoms with Gasteiger partial charge < -0.3 is 9.88 Å². The van der Waals surface area contributed by atoms with Gasteiger partial charge in [0.1, 0.15) is 0 Å². The van der Waals surface area contributed by atoms with Crippen LogP contribution in [0.25, 0.3) is 0 Å². The van der Waals surface area contributed by atoms with E-state index in [2.05, 4.69) is 9.97 Å². The van der Waals surface area contributed by atoms with E-state index in [1.807, 2.05) is 0 Å². The quantitative estimate of drug-likeness (QED) is 0.825. The van der Waals surface area contributed by atoms with Crippen LogP contribution in [0.3, 0.4) is 0 Å². The number of H-pyrrole nitrogens is 1. The average molecular weight is 255 g/mol. The van der Waals surface area contributed by atoms with E-state index in [-0.39, 0.29) is 11.5 Å². The van der Waals surface area contributed by atoms with Crippen molar-refractivity contribution in [3.8, 4) is 0 Å². The number of nitrogens with one attached hydrogen (secondary N) is 1. The van der Waals surface area contributed by atoms with Crippen LogP contribution in [0.15, 0.2) is 41.5 Å². The molecule has 2 aromatic rings. The molecule has 2 aromatic heterocycles. The number of amides is 1. The lowest BCUT2D eigenvalue weighted by Crippen LogP contribution is -2.37. The average Bonchev–Trinajstić information content (AvgIpc) is 2.47. The van der Waals surface area contributed by atoms with E-state index in [0.29, 0.717) is 25.1 Å². The fourth-order valence-electron chi connectivity index (χ4n) is 2.30. The molecule has 0 atom stereocenters. The van der Waals surface area contributed by atoms with Crippen molar-refractivity contribution in [1.29, 1.82) is 0 Å². The second-order valence-electron chi connectivity index (χ2n) is 4.54. The van der Waals surface area contributed by atoms with Gasteiger partial charge in [-0.15, -0.1) is 0 Å².